The summed E-state index contributed by atoms with van der Waals surface area (Å²) in [6, 6.07) is 12.2. The zero-order valence-corrected chi connectivity index (χ0v) is 18.1. The van der Waals surface area contributed by atoms with E-state index in [-0.39, 0.29) is 10.3 Å². The van der Waals surface area contributed by atoms with E-state index in [1.165, 1.54) is 6.33 Å². The summed E-state index contributed by atoms with van der Waals surface area (Å²) < 4.78 is 38.5. The van der Waals surface area contributed by atoms with Crippen molar-refractivity contribution in [3.8, 4) is 6.07 Å². The van der Waals surface area contributed by atoms with E-state index in [4.69, 9.17) is 5.26 Å². The minimum atomic E-state index is -4.23. The van der Waals surface area contributed by atoms with Crippen molar-refractivity contribution in [3.63, 3.8) is 0 Å². The standard InChI is InChI=1S/C23H22F3N5S/c24-23(25,26)12-18-9-19-20(28-14-29-21(19)32-18)31-7-5-22(13-31)10-17(11-22)30-16-3-1-2-15(8-16)4-6-27/h1-3,8-9,14,17,30H,4-5,7,10-13H2. The molecule has 0 amide bonds. The Kier molecular flexibility index (Phi) is 5.20. The van der Waals surface area contributed by atoms with Crippen LogP contribution in [0.3, 0.4) is 0 Å². The molecule has 3 heterocycles. The van der Waals surface area contributed by atoms with E-state index in [0.29, 0.717) is 17.3 Å². The van der Waals surface area contributed by atoms with Crippen LogP contribution < -0.4 is 10.2 Å². The zero-order valence-electron chi connectivity index (χ0n) is 17.3. The third-order valence-electron chi connectivity index (χ3n) is 6.41. The third kappa shape index (κ3) is 4.24. The summed E-state index contributed by atoms with van der Waals surface area (Å²) in [6.45, 7) is 1.71. The van der Waals surface area contributed by atoms with Gasteiger partial charge < -0.3 is 10.2 Å². The summed E-state index contributed by atoms with van der Waals surface area (Å²) >= 11 is 1.10. The fraction of sp³-hybridized carbons (Fsp3) is 0.435. The molecule has 0 unspecified atom stereocenters. The molecule has 2 aliphatic rings. The first kappa shape index (κ1) is 21.0. The highest BCUT2D eigenvalue weighted by molar-refractivity contribution is 7.18. The first-order valence-electron chi connectivity index (χ1n) is 10.6. The SMILES string of the molecule is N#CCc1cccc(NC2CC3(CCN(c4ncnc5sc(CC(F)(F)F)cc45)C3)C2)c1. The highest BCUT2D eigenvalue weighted by Gasteiger charge is 2.49. The molecule has 1 N–H and O–H groups in total. The van der Waals surface area contributed by atoms with Gasteiger partial charge in [0.25, 0.3) is 0 Å². The Morgan fingerprint density at radius 1 is 1.25 bits per heavy atom. The summed E-state index contributed by atoms with van der Waals surface area (Å²) in [5, 5.41) is 13.2. The molecular formula is C23H22F3N5S. The van der Waals surface area contributed by atoms with Gasteiger partial charge in [-0.2, -0.15) is 18.4 Å². The van der Waals surface area contributed by atoms with Crippen LogP contribution in [-0.4, -0.2) is 35.3 Å². The monoisotopic (exact) mass is 457 g/mol. The molecule has 0 radical (unpaired) electrons. The van der Waals surface area contributed by atoms with E-state index in [2.05, 4.69) is 26.3 Å². The molecule has 1 saturated carbocycles. The van der Waals surface area contributed by atoms with Gasteiger partial charge in [-0.3, -0.25) is 0 Å². The van der Waals surface area contributed by atoms with Gasteiger partial charge in [-0.25, -0.2) is 9.97 Å². The molecule has 1 aliphatic heterocycles. The number of aromatic nitrogens is 2. The molecule has 32 heavy (non-hydrogen) atoms. The van der Waals surface area contributed by atoms with Gasteiger partial charge in [0.15, 0.2) is 0 Å². The van der Waals surface area contributed by atoms with Gasteiger partial charge in [0.1, 0.15) is 17.0 Å². The molecule has 166 valence electrons. The molecule has 0 atom stereocenters. The summed E-state index contributed by atoms with van der Waals surface area (Å²) in [7, 11) is 0. The van der Waals surface area contributed by atoms with E-state index < -0.39 is 12.6 Å². The first-order chi connectivity index (χ1) is 15.3. The van der Waals surface area contributed by atoms with Crippen LogP contribution in [0.25, 0.3) is 10.2 Å². The van der Waals surface area contributed by atoms with Crippen LogP contribution in [0.5, 0.6) is 0 Å². The summed E-state index contributed by atoms with van der Waals surface area (Å²) in [4.78, 5) is 11.7. The van der Waals surface area contributed by atoms with E-state index in [9.17, 15) is 13.2 Å². The van der Waals surface area contributed by atoms with E-state index in [1.807, 2.05) is 24.3 Å². The second-order valence-corrected chi connectivity index (χ2v) is 9.99. The minimum Gasteiger partial charge on any atom is -0.382 e. The van der Waals surface area contributed by atoms with Crippen LogP contribution in [0.2, 0.25) is 0 Å². The molecule has 5 nitrogen and oxygen atoms in total. The second kappa shape index (κ2) is 7.93. The number of anilines is 2. The lowest BCUT2D eigenvalue weighted by Gasteiger charge is -2.46. The van der Waals surface area contributed by atoms with Crippen LogP contribution in [0.15, 0.2) is 36.7 Å². The summed E-state index contributed by atoms with van der Waals surface area (Å²) in [6.07, 6.45) is -0.165. The highest BCUT2D eigenvalue weighted by atomic mass is 32.1. The normalized spacial score (nSPS) is 22.8. The van der Waals surface area contributed by atoms with Crippen molar-refractivity contribution < 1.29 is 13.2 Å². The van der Waals surface area contributed by atoms with Gasteiger partial charge in [0.2, 0.25) is 0 Å². The number of nitriles is 1. The Morgan fingerprint density at radius 2 is 2.09 bits per heavy atom. The summed E-state index contributed by atoms with van der Waals surface area (Å²) in [5.74, 6) is 0.747. The van der Waals surface area contributed by atoms with Crippen molar-refractivity contribution >= 4 is 33.1 Å². The Balaban J connectivity index is 1.25. The van der Waals surface area contributed by atoms with Crippen molar-refractivity contribution in [1.29, 1.82) is 5.26 Å². The molecule has 1 aliphatic carbocycles. The maximum atomic E-state index is 12.8. The Labute approximate surface area is 187 Å². The van der Waals surface area contributed by atoms with Crippen LogP contribution in [-0.2, 0) is 12.8 Å². The third-order valence-corrected chi connectivity index (χ3v) is 7.45. The van der Waals surface area contributed by atoms with E-state index in [1.54, 1.807) is 6.07 Å². The lowest BCUT2D eigenvalue weighted by Crippen LogP contribution is -2.46. The number of hydrogen-bond acceptors (Lipinski definition) is 6. The van der Waals surface area contributed by atoms with Gasteiger partial charge >= 0.3 is 6.18 Å². The number of thiophene rings is 1. The number of hydrogen-bond donors (Lipinski definition) is 1. The van der Waals surface area contributed by atoms with Crippen molar-refractivity contribution in [2.45, 2.75) is 44.3 Å². The predicted octanol–water partition coefficient (Wildman–Crippen LogP) is 5.33. The van der Waals surface area contributed by atoms with Gasteiger partial charge in [-0.1, -0.05) is 12.1 Å². The molecule has 0 bridgehead atoms. The lowest BCUT2D eigenvalue weighted by molar-refractivity contribution is -0.126. The number of rotatable bonds is 5. The highest BCUT2D eigenvalue weighted by Crippen LogP contribution is 2.50. The van der Waals surface area contributed by atoms with Crippen molar-refractivity contribution in [2.75, 3.05) is 23.3 Å². The van der Waals surface area contributed by atoms with Crippen LogP contribution in [0.4, 0.5) is 24.7 Å². The topological polar surface area (TPSA) is 64.8 Å². The van der Waals surface area contributed by atoms with Gasteiger partial charge in [-0.05, 0) is 48.4 Å². The Morgan fingerprint density at radius 3 is 2.88 bits per heavy atom. The molecule has 1 saturated heterocycles. The number of alkyl halides is 3. The largest absolute Gasteiger partial charge is 0.393 e. The van der Waals surface area contributed by atoms with Crippen LogP contribution in [0, 0.1) is 16.7 Å². The second-order valence-electron chi connectivity index (χ2n) is 8.88. The minimum absolute atomic E-state index is 0.212. The zero-order chi connectivity index (χ0) is 22.3. The Bertz CT molecular complexity index is 1180. The number of benzene rings is 1. The number of nitrogens with one attached hydrogen (secondary N) is 1. The lowest BCUT2D eigenvalue weighted by atomic mass is 9.65. The summed E-state index contributed by atoms with van der Waals surface area (Å²) in [5.41, 5.74) is 2.26. The maximum Gasteiger partial charge on any atom is 0.393 e. The Hall–Kier alpha value is -2.86. The molecule has 2 aromatic heterocycles. The van der Waals surface area contributed by atoms with Crippen molar-refractivity contribution in [2.24, 2.45) is 5.41 Å². The van der Waals surface area contributed by atoms with Crippen LogP contribution in [0.1, 0.15) is 29.7 Å². The number of fused-ring (bicyclic) bond motifs is 1. The number of halogens is 3. The van der Waals surface area contributed by atoms with E-state index >= 15 is 0 Å². The fourth-order valence-electron chi connectivity index (χ4n) is 5.06. The first-order valence-corrected chi connectivity index (χ1v) is 11.4. The van der Waals surface area contributed by atoms with Crippen molar-refractivity contribution in [3.05, 3.63) is 47.1 Å². The average Bonchev–Trinajstić information content (AvgIpc) is 3.31. The molecule has 9 heteroatoms. The van der Waals surface area contributed by atoms with Gasteiger partial charge in [0, 0.05) is 29.7 Å². The molecule has 1 aromatic carbocycles. The fourth-order valence-corrected chi connectivity index (χ4v) is 6.09. The predicted molar refractivity (Wildman–Crippen MR) is 119 cm³/mol. The average molecular weight is 458 g/mol. The maximum absolute atomic E-state index is 12.8. The molecular weight excluding hydrogens is 435 g/mol. The quantitative estimate of drug-likeness (QED) is 0.561. The van der Waals surface area contributed by atoms with Crippen molar-refractivity contribution in [1.82, 2.24) is 9.97 Å². The molecule has 5 rings (SSSR count). The van der Waals surface area contributed by atoms with Gasteiger partial charge in [0.05, 0.1) is 24.3 Å². The van der Waals surface area contributed by atoms with Gasteiger partial charge in [-0.15, -0.1) is 11.3 Å². The van der Waals surface area contributed by atoms with E-state index in [0.717, 1.165) is 66.1 Å². The van der Waals surface area contributed by atoms with Crippen LogP contribution >= 0.6 is 11.3 Å². The number of nitrogens with zero attached hydrogens (tertiary/aromatic N) is 4. The molecule has 2 fully saturated rings. The molecule has 3 aromatic rings. The molecule has 1 spiro atoms. The smallest absolute Gasteiger partial charge is 0.382 e.